The lowest BCUT2D eigenvalue weighted by Crippen LogP contribution is -2.25. The largest absolute Gasteiger partial charge is 0.306 e. The van der Waals surface area contributed by atoms with Gasteiger partial charge >= 0.3 is 0 Å². The molecule has 2 aromatic rings. The summed E-state index contributed by atoms with van der Waals surface area (Å²) >= 11 is 0. The third-order valence-electron chi connectivity index (χ3n) is 4.18. The SMILES string of the molecule is Cc1ccc(C(NCC2CC2)c2ccccc2)c(C)c1. The molecule has 1 aliphatic carbocycles. The highest BCUT2D eigenvalue weighted by Gasteiger charge is 2.23. The summed E-state index contributed by atoms with van der Waals surface area (Å²) in [7, 11) is 0. The van der Waals surface area contributed by atoms with E-state index in [0.717, 1.165) is 12.5 Å². The van der Waals surface area contributed by atoms with Crippen molar-refractivity contribution in [2.24, 2.45) is 5.92 Å². The maximum Gasteiger partial charge on any atom is 0.0579 e. The number of hydrogen-bond donors (Lipinski definition) is 1. The van der Waals surface area contributed by atoms with E-state index in [-0.39, 0.29) is 0 Å². The minimum atomic E-state index is 0.317. The number of hydrogen-bond acceptors (Lipinski definition) is 1. The van der Waals surface area contributed by atoms with Crippen molar-refractivity contribution in [3.63, 3.8) is 0 Å². The Morgan fingerprint density at radius 2 is 1.80 bits per heavy atom. The molecule has 0 spiro atoms. The topological polar surface area (TPSA) is 12.0 Å². The van der Waals surface area contributed by atoms with Crippen LogP contribution in [0.4, 0.5) is 0 Å². The van der Waals surface area contributed by atoms with Crippen molar-refractivity contribution in [1.82, 2.24) is 5.32 Å². The minimum absolute atomic E-state index is 0.317. The monoisotopic (exact) mass is 265 g/mol. The van der Waals surface area contributed by atoms with E-state index in [0.29, 0.717) is 6.04 Å². The van der Waals surface area contributed by atoms with Crippen molar-refractivity contribution in [3.8, 4) is 0 Å². The Labute approximate surface area is 122 Å². The van der Waals surface area contributed by atoms with Crippen molar-refractivity contribution >= 4 is 0 Å². The van der Waals surface area contributed by atoms with Gasteiger partial charge in [0.05, 0.1) is 6.04 Å². The molecule has 0 aromatic heterocycles. The quantitative estimate of drug-likeness (QED) is 0.845. The molecule has 1 nitrogen and oxygen atoms in total. The summed E-state index contributed by atoms with van der Waals surface area (Å²) in [6, 6.07) is 17.9. The third kappa shape index (κ3) is 3.10. The maximum absolute atomic E-state index is 3.77. The van der Waals surface area contributed by atoms with Crippen LogP contribution in [0.25, 0.3) is 0 Å². The number of aryl methyl sites for hydroxylation is 2. The van der Waals surface area contributed by atoms with Gasteiger partial charge in [0, 0.05) is 0 Å². The van der Waals surface area contributed by atoms with E-state index in [1.165, 1.54) is 35.1 Å². The molecular weight excluding hydrogens is 242 g/mol. The van der Waals surface area contributed by atoms with Crippen molar-refractivity contribution in [1.29, 1.82) is 0 Å². The van der Waals surface area contributed by atoms with Crippen LogP contribution in [-0.2, 0) is 0 Å². The predicted octanol–water partition coefficient (Wildman–Crippen LogP) is 4.39. The highest BCUT2D eigenvalue weighted by atomic mass is 14.9. The van der Waals surface area contributed by atoms with Gasteiger partial charge < -0.3 is 5.32 Å². The highest BCUT2D eigenvalue weighted by Crippen LogP contribution is 2.31. The van der Waals surface area contributed by atoms with Crippen molar-refractivity contribution in [2.45, 2.75) is 32.7 Å². The van der Waals surface area contributed by atoms with E-state index < -0.39 is 0 Å². The molecule has 1 unspecified atom stereocenters. The molecule has 0 heterocycles. The summed E-state index contributed by atoms with van der Waals surface area (Å²) in [5, 5.41) is 3.77. The van der Waals surface area contributed by atoms with E-state index in [9.17, 15) is 0 Å². The van der Waals surface area contributed by atoms with Crippen molar-refractivity contribution in [2.75, 3.05) is 6.54 Å². The smallest absolute Gasteiger partial charge is 0.0579 e. The lowest BCUT2D eigenvalue weighted by atomic mass is 9.93. The summed E-state index contributed by atoms with van der Waals surface area (Å²) < 4.78 is 0. The van der Waals surface area contributed by atoms with E-state index in [4.69, 9.17) is 0 Å². The zero-order valence-corrected chi connectivity index (χ0v) is 12.4. The second-order valence-corrected chi connectivity index (χ2v) is 6.06. The summed E-state index contributed by atoms with van der Waals surface area (Å²) in [5.41, 5.74) is 5.48. The van der Waals surface area contributed by atoms with Crippen LogP contribution >= 0.6 is 0 Å². The molecule has 1 atom stereocenters. The van der Waals surface area contributed by atoms with Crippen LogP contribution < -0.4 is 5.32 Å². The Hall–Kier alpha value is -1.60. The average Bonchev–Trinajstić information content (AvgIpc) is 3.26. The standard InChI is InChI=1S/C19H23N/c1-14-8-11-18(15(2)12-14)19(20-13-16-9-10-16)17-6-4-3-5-7-17/h3-8,11-12,16,19-20H,9-10,13H2,1-2H3. The van der Waals surface area contributed by atoms with Gasteiger partial charge in [-0.3, -0.25) is 0 Å². The fraction of sp³-hybridized carbons (Fsp3) is 0.368. The summed E-state index contributed by atoms with van der Waals surface area (Å²) in [6.45, 7) is 5.51. The number of benzene rings is 2. The van der Waals surface area contributed by atoms with Gasteiger partial charge in [0.1, 0.15) is 0 Å². The molecule has 0 saturated heterocycles. The average molecular weight is 265 g/mol. The van der Waals surface area contributed by atoms with E-state index in [1.807, 2.05) is 0 Å². The van der Waals surface area contributed by atoms with E-state index >= 15 is 0 Å². The minimum Gasteiger partial charge on any atom is -0.306 e. The summed E-state index contributed by atoms with van der Waals surface area (Å²) in [5.74, 6) is 0.895. The van der Waals surface area contributed by atoms with Crippen molar-refractivity contribution < 1.29 is 0 Å². The molecule has 1 N–H and O–H groups in total. The van der Waals surface area contributed by atoms with Crippen LogP contribution in [0.5, 0.6) is 0 Å². The molecule has 2 aromatic carbocycles. The van der Waals surface area contributed by atoms with Crippen LogP contribution in [0.15, 0.2) is 48.5 Å². The summed E-state index contributed by atoms with van der Waals surface area (Å²) in [6.07, 6.45) is 2.78. The fourth-order valence-corrected chi connectivity index (χ4v) is 2.81. The molecule has 0 bridgehead atoms. The molecule has 1 heteroatoms. The molecule has 20 heavy (non-hydrogen) atoms. The van der Waals surface area contributed by atoms with Crippen LogP contribution in [-0.4, -0.2) is 6.54 Å². The molecular formula is C19H23N. The normalized spacial score (nSPS) is 16.1. The Morgan fingerprint density at radius 1 is 1.05 bits per heavy atom. The van der Waals surface area contributed by atoms with Gasteiger partial charge in [-0.25, -0.2) is 0 Å². The number of rotatable bonds is 5. The van der Waals surface area contributed by atoms with E-state index in [1.54, 1.807) is 0 Å². The van der Waals surface area contributed by atoms with Gasteiger partial charge in [-0.05, 0) is 55.8 Å². The highest BCUT2D eigenvalue weighted by molar-refractivity contribution is 5.38. The molecule has 0 amide bonds. The first-order valence-electron chi connectivity index (χ1n) is 7.59. The van der Waals surface area contributed by atoms with Crippen LogP contribution in [0.3, 0.4) is 0 Å². The molecule has 0 aliphatic heterocycles. The van der Waals surface area contributed by atoms with Gasteiger partial charge in [-0.2, -0.15) is 0 Å². The lowest BCUT2D eigenvalue weighted by molar-refractivity contribution is 0.571. The zero-order valence-electron chi connectivity index (χ0n) is 12.4. The first kappa shape index (κ1) is 13.4. The second-order valence-electron chi connectivity index (χ2n) is 6.06. The van der Waals surface area contributed by atoms with Gasteiger partial charge in [0.2, 0.25) is 0 Å². The molecule has 104 valence electrons. The molecule has 1 aliphatic rings. The molecule has 1 fully saturated rings. The first-order valence-corrected chi connectivity index (χ1v) is 7.59. The van der Waals surface area contributed by atoms with E-state index in [2.05, 4.69) is 67.7 Å². The molecule has 0 radical (unpaired) electrons. The Kier molecular flexibility index (Phi) is 3.88. The Bertz CT molecular complexity index is 570. The van der Waals surface area contributed by atoms with Crippen molar-refractivity contribution in [3.05, 3.63) is 70.8 Å². The maximum atomic E-state index is 3.77. The van der Waals surface area contributed by atoms with Crippen LogP contribution in [0.2, 0.25) is 0 Å². The van der Waals surface area contributed by atoms with Gasteiger partial charge in [-0.1, -0.05) is 54.1 Å². The second kappa shape index (κ2) is 5.80. The predicted molar refractivity (Wildman–Crippen MR) is 84.9 cm³/mol. The van der Waals surface area contributed by atoms with Gasteiger partial charge in [-0.15, -0.1) is 0 Å². The third-order valence-corrected chi connectivity index (χ3v) is 4.18. The first-order chi connectivity index (χ1) is 9.74. The Morgan fingerprint density at radius 3 is 2.45 bits per heavy atom. The van der Waals surface area contributed by atoms with Crippen LogP contribution in [0.1, 0.15) is 41.1 Å². The van der Waals surface area contributed by atoms with Gasteiger partial charge in [0.25, 0.3) is 0 Å². The van der Waals surface area contributed by atoms with Gasteiger partial charge in [0.15, 0.2) is 0 Å². The molecule has 3 rings (SSSR count). The fourth-order valence-electron chi connectivity index (χ4n) is 2.81. The van der Waals surface area contributed by atoms with Crippen LogP contribution in [0, 0.1) is 19.8 Å². The summed E-state index contributed by atoms with van der Waals surface area (Å²) in [4.78, 5) is 0. The number of nitrogens with one attached hydrogen (secondary N) is 1. The lowest BCUT2D eigenvalue weighted by Gasteiger charge is -2.22. The zero-order chi connectivity index (χ0) is 13.9. The Balaban J connectivity index is 1.90. The molecule has 1 saturated carbocycles.